The second kappa shape index (κ2) is 18.7. The molecular formula is C23H47O5PS. The zero-order valence-corrected chi connectivity index (χ0v) is 21.3. The molecule has 1 unspecified atom stereocenters. The van der Waals surface area contributed by atoms with Gasteiger partial charge in [-0.15, -0.1) is 0 Å². The third-order valence-corrected chi connectivity index (χ3v) is 6.16. The fourth-order valence-electron chi connectivity index (χ4n) is 3.21. The Kier molecular flexibility index (Phi) is 18.9. The Balaban J connectivity index is 3.42. The zero-order valence-electron chi connectivity index (χ0n) is 19.6. The van der Waals surface area contributed by atoms with Crippen LogP contribution in [-0.4, -0.2) is 39.8 Å². The average molecular weight is 467 g/mol. The summed E-state index contributed by atoms with van der Waals surface area (Å²) in [4.78, 5) is 18.5. The van der Waals surface area contributed by atoms with Gasteiger partial charge in [0.05, 0.1) is 6.61 Å². The SMILES string of the molecule is CCCCCCCCC=CCCCCCCCCOCC(O)C(C)(C)OP(O)(O)=S. The average Bonchev–Trinajstić information content (AvgIpc) is 2.65. The Morgan fingerprint density at radius 1 is 0.833 bits per heavy atom. The van der Waals surface area contributed by atoms with Gasteiger partial charge in [0, 0.05) is 6.61 Å². The molecule has 0 aliphatic carbocycles. The van der Waals surface area contributed by atoms with Gasteiger partial charge in [0.1, 0.15) is 11.7 Å². The summed E-state index contributed by atoms with van der Waals surface area (Å²) in [6, 6.07) is 0. The molecule has 0 rings (SSSR count). The fourth-order valence-corrected chi connectivity index (χ4v) is 4.53. The van der Waals surface area contributed by atoms with Crippen molar-refractivity contribution in [3.8, 4) is 0 Å². The molecule has 0 aromatic rings. The highest BCUT2D eigenvalue weighted by Crippen LogP contribution is 2.42. The second-order valence-electron chi connectivity index (χ2n) is 8.71. The molecule has 0 saturated heterocycles. The highest BCUT2D eigenvalue weighted by atomic mass is 32.5. The van der Waals surface area contributed by atoms with Gasteiger partial charge in [-0.25, -0.2) is 0 Å². The number of allylic oxidation sites excluding steroid dienone is 2. The first-order valence-electron chi connectivity index (χ1n) is 11.9. The van der Waals surface area contributed by atoms with E-state index in [1.807, 2.05) is 0 Å². The lowest BCUT2D eigenvalue weighted by Crippen LogP contribution is -2.41. The van der Waals surface area contributed by atoms with Crippen LogP contribution in [0.4, 0.5) is 0 Å². The van der Waals surface area contributed by atoms with Crippen molar-refractivity contribution in [2.75, 3.05) is 13.2 Å². The van der Waals surface area contributed by atoms with E-state index in [4.69, 9.17) is 9.26 Å². The van der Waals surface area contributed by atoms with E-state index in [0.29, 0.717) is 6.61 Å². The molecule has 1 atom stereocenters. The minimum absolute atomic E-state index is 0.0907. The zero-order chi connectivity index (χ0) is 22.7. The maximum absolute atomic E-state index is 10.1. The molecule has 0 fully saturated rings. The predicted octanol–water partition coefficient (Wildman–Crippen LogP) is 6.41. The maximum atomic E-state index is 10.1. The summed E-state index contributed by atoms with van der Waals surface area (Å²) >= 11 is 4.46. The minimum Gasteiger partial charge on any atom is -0.388 e. The van der Waals surface area contributed by atoms with Gasteiger partial charge in [-0.1, -0.05) is 76.9 Å². The van der Waals surface area contributed by atoms with E-state index in [-0.39, 0.29) is 6.61 Å². The van der Waals surface area contributed by atoms with Crippen molar-refractivity contribution in [2.24, 2.45) is 0 Å². The Labute approximate surface area is 190 Å². The van der Waals surface area contributed by atoms with E-state index in [0.717, 1.165) is 12.8 Å². The molecule has 0 aromatic carbocycles. The summed E-state index contributed by atoms with van der Waals surface area (Å²) in [7, 11) is 0. The third kappa shape index (κ3) is 20.1. The number of aliphatic hydroxyl groups is 1. The number of unbranched alkanes of at least 4 members (excludes halogenated alkanes) is 12. The van der Waals surface area contributed by atoms with E-state index in [9.17, 15) is 14.9 Å². The van der Waals surface area contributed by atoms with E-state index in [1.54, 1.807) is 13.8 Å². The normalized spacial score (nSPS) is 13.9. The lowest BCUT2D eigenvalue weighted by atomic mass is 10.0. The third-order valence-electron chi connectivity index (χ3n) is 5.23. The molecular weight excluding hydrogens is 419 g/mol. The van der Waals surface area contributed by atoms with Crippen LogP contribution < -0.4 is 0 Å². The lowest BCUT2D eigenvalue weighted by Gasteiger charge is -2.31. The number of hydrogen-bond donors (Lipinski definition) is 3. The number of hydrogen-bond acceptors (Lipinski definition) is 4. The standard InChI is InChI=1S/C23H47O5PS/c1-4-5-6-7-8-9-10-11-12-13-14-15-16-17-18-19-20-27-21-22(24)23(2,3)28-29(25,26)30/h11-12,22,24H,4-10,13-21H2,1-3H3,(H2,25,26,30). The summed E-state index contributed by atoms with van der Waals surface area (Å²) in [5.41, 5.74) is -1.15. The van der Waals surface area contributed by atoms with Crippen LogP contribution in [0.5, 0.6) is 0 Å². The van der Waals surface area contributed by atoms with Crippen LogP contribution in [-0.2, 0) is 21.1 Å². The van der Waals surface area contributed by atoms with Crippen LogP contribution in [0.15, 0.2) is 12.2 Å². The van der Waals surface area contributed by atoms with Gasteiger partial charge in [-0.2, -0.15) is 0 Å². The lowest BCUT2D eigenvalue weighted by molar-refractivity contribution is -0.0761. The topological polar surface area (TPSA) is 79.2 Å². The van der Waals surface area contributed by atoms with Crippen molar-refractivity contribution in [1.82, 2.24) is 0 Å². The molecule has 0 amide bonds. The Morgan fingerprint density at radius 2 is 1.30 bits per heavy atom. The number of ether oxygens (including phenoxy) is 1. The molecule has 3 N–H and O–H groups in total. The van der Waals surface area contributed by atoms with Gasteiger partial charge in [0.15, 0.2) is 0 Å². The molecule has 0 aliphatic heterocycles. The highest BCUT2D eigenvalue weighted by Gasteiger charge is 2.33. The maximum Gasteiger partial charge on any atom is 0.322 e. The summed E-state index contributed by atoms with van der Waals surface area (Å²) in [6.07, 6.45) is 21.5. The molecule has 0 saturated carbocycles. The number of aliphatic hydroxyl groups excluding tert-OH is 1. The highest BCUT2D eigenvalue weighted by molar-refractivity contribution is 8.06. The summed E-state index contributed by atoms with van der Waals surface area (Å²) in [6.45, 7) is 2.26. The number of rotatable bonds is 21. The van der Waals surface area contributed by atoms with Crippen LogP contribution in [0, 0.1) is 0 Å². The smallest absolute Gasteiger partial charge is 0.322 e. The Hall–Kier alpha value is 0.190. The Bertz CT molecular complexity index is 465. The first-order chi connectivity index (χ1) is 14.2. The summed E-state index contributed by atoms with van der Waals surface area (Å²) in [5.74, 6) is 0. The molecule has 0 spiro atoms. The van der Waals surface area contributed by atoms with Gasteiger partial charge in [-0.3, -0.25) is 0 Å². The minimum atomic E-state index is -3.81. The molecule has 180 valence electrons. The summed E-state index contributed by atoms with van der Waals surface area (Å²) < 4.78 is 10.5. The molecule has 7 heteroatoms. The van der Waals surface area contributed by atoms with Crippen molar-refractivity contribution in [3.63, 3.8) is 0 Å². The monoisotopic (exact) mass is 466 g/mol. The molecule has 0 aromatic heterocycles. The van der Waals surface area contributed by atoms with E-state index in [2.05, 4.69) is 30.9 Å². The van der Waals surface area contributed by atoms with Gasteiger partial charge in [-0.05, 0) is 57.8 Å². The van der Waals surface area contributed by atoms with Crippen LogP contribution in [0.25, 0.3) is 0 Å². The van der Waals surface area contributed by atoms with E-state index in [1.165, 1.54) is 77.0 Å². The predicted molar refractivity (Wildman–Crippen MR) is 130 cm³/mol. The van der Waals surface area contributed by atoms with Gasteiger partial charge >= 0.3 is 6.72 Å². The van der Waals surface area contributed by atoms with Crippen molar-refractivity contribution in [2.45, 2.75) is 122 Å². The molecule has 30 heavy (non-hydrogen) atoms. The van der Waals surface area contributed by atoms with E-state index < -0.39 is 18.4 Å². The quantitative estimate of drug-likeness (QED) is 0.103. The van der Waals surface area contributed by atoms with Crippen LogP contribution in [0.3, 0.4) is 0 Å². The molecule has 0 aliphatic rings. The van der Waals surface area contributed by atoms with Crippen molar-refractivity contribution >= 4 is 18.5 Å². The largest absolute Gasteiger partial charge is 0.388 e. The fraction of sp³-hybridized carbons (Fsp3) is 0.913. The van der Waals surface area contributed by atoms with Crippen molar-refractivity contribution in [1.29, 1.82) is 0 Å². The Morgan fingerprint density at radius 3 is 1.80 bits per heavy atom. The van der Waals surface area contributed by atoms with Crippen LogP contribution >= 0.6 is 6.72 Å². The molecule has 0 radical (unpaired) electrons. The van der Waals surface area contributed by atoms with E-state index >= 15 is 0 Å². The molecule has 0 heterocycles. The van der Waals surface area contributed by atoms with Gasteiger partial charge in [0.25, 0.3) is 0 Å². The summed E-state index contributed by atoms with van der Waals surface area (Å²) in [5, 5.41) is 10.1. The molecule has 5 nitrogen and oxygen atoms in total. The van der Waals surface area contributed by atoms with Gasteiger partial charge in [0.2, 0.25) is 0 Å². The first kappa shape index (κ1) is 30.2. The first-order valence-corrected chi connectivity index (χ1v) is 14.5. The van der Waals surface area contributed by atoms with Crippen LogP contribution in [0.1, 0.15) is 111 Å². The van der Waals surface area contributed by atoms with Gasteiger partial charge < -0.3 is 24.2 Å². The van der Waals surface area contributed by atoms with Crippen molar-refractivity contribution in [3.05, 3.63) is 12.2 Å². The van der Waals surface area contributed by atoms with Crippen LogP contribution in [0.2, 0.25) is 0 Å². The van der Waals surface area contributed by atoms with Crippen molar-refractivity contribution < 1.29 is 24.2 Å². The molecule has 0 bridgehead atoms. The second-order valence-corrected chi connectivity index (χ2v) is 11.3.